The van der Waals surface area contributed by atoms with Crippen LogP contribution in [0.1, 0.15) is 69.6 Å². The molecule has 2 aromatic heterocycles. The van der Waals surface area contributed by atoms with Crippen molar-refractivity contribution < 1.29 is 24.2 Å². The van der Waals surface area contributed by atoms with Gasteiger partial charge >= 0.3 is 5.97 Å². The van der Waals surface area contributed by atoms with E-state index in [4.69, 9.17) is 16.3 Å². The summed E-state index contributed by atoms with van der Waals surface area (Å²) in [5.74, 6) is -1.87. The third-order valence-corrected chi connectivity index (χ3v) is 7.18. The molecule has 2 fully saturated rings. The highest BCUT2D eigenvalue weighted by Gasteiger charge is 2.35. The summed E-state index contributed by atoms with van der Waals surface area (Å²) < 4.78 is 5.90. The van der Waals surface area contributed by atoms with Crippen LogP contribution in [0, 0.1) is 0 Å². The van der Waals surface area contributed by atoms with Crippen molar-refractivity contribution in [3.8, 4) is 0 Å². The van der Waals surface area contributed by atoms with Gasteiger partial charge in [0.2, 0.25) is 0 Å². The second kappa shape index (κ2) is 10.3. The number of hydrogen-bond donors (Lipinski definition) is 4. The Kier molecular flexibility index (Phi) is 7.39. The molecule has 2 aliphatic rings. The lowest BCUT2D eigenvalue weighted by atomic mass is 10.0. The first-order valence-electron chi connectivity index (χ1n) is 11.3. The van der Waals surface area contributed by atoms with Gasteiger partial charge in [0.15, 0.2) is 21.8 Å². The van der Waals surface area contributed by atoms with Crippen molar-refractivity contribution in [1.82, 2.24) is 25.6 Å². The number of rotatable bonds is 9. The molecule has 0 bridgehead atoms. The topological polar surface area (TPSA) is 150 Å². The number of aromatic carboxylic acids is 1. The first-order chi connectivity index (χ1) is 16.3. The van der Waals surface area contributed by atoms with E-state index in [1.807, 2.05) is 18.7 Å². The molecule has 13 heteroatoms. The van der Waals surface area contributed by atoms with Gasteiger partial charge in [-0.05, 0) is 32.6 Å². The molecule has 2 atom stereocenters. The number of H-pyrrole nitrogens is 1. The average molecular weight is 511 g/mol. The van der Waals surface area contributed by atoms with Crippen molar-refractivity contribution in [3.63, 3.8) is 0 Å². The van der Waals surface area contributed by atoms with Crippen LogP contribution in [0.15, 0.2) is 0 Å². The molecular weight excluding hydrogens is 484 g/mol. The number of hydrogen-bond acceptors (Lipinski definition) is 8. The van der Waals surface area contributed by atoms with Gasteiger partial charge in [0, 0.05) is 25.7 Å². The number of carboxylic acid groups (broad SMARTS) is 1. The highest BCUT2D eigenvalue weighted by atomic mass is 35.5. The number of carboxylic acids is 1. The van der Waals surface area contributed by atoms with E-state index in [0.717, 1.165) is 24.2 Å². The van der Waals surface area contributed by atoms with E-state index in [2.05, 4.69) is 25.6 Å². The van der Waals surface area contributed by atoms with Crippen LogP contribution in [0.25, 0.3) is 0 Å². The first-order valence-corrected chi connectivity index (χ1v) is 12.5. The molecule has 0 spiro atoms. The molecule has 2 aromatic rings. The summed E-state index contributed by atoms with van der Waals surface area (Å²) in [6.07, 6.45) is 2.59. The standard InChI is InChI=1S/C21H27ClN6O5S/c1-3-11-16(22)27-17(24-11)19(30)25-12-7-8-28(9-13(12)33-4-2)21-26-14(15(34-21)20(31)32)18(29)23-10-5-6-10/h10,12-13H,3-9H2,1-2H3,(H,23,29)(H,24,27)(H,25,30)(H,31,32)/t12-,13+/m0/s1. The summed E-state index contributed by atoms with van der Waals surface area (Å²) in [5, 5.41) is 16.1. The van der Waals surface area contributed by atoms with E-state index in [9.17, 15) is 19.5 Å². The van der Waals surface area contributed by atoms with E-state index in [1.165, 1.54) is 0 Å². The lowest BCUT2D eigenvalue weighted by molar-refractivity contribution is 0.0271. The number of anilines is 1. The number of halogens is 1. The van der Waals surface area contributed by atoms with Crippen LogP contribution in [0.5, 0.6) is 0 Å². The van der Waals surface area contributed by atoms with Gasteiger partial charge in [-0.25, -0.2) is 14.8 Å². The lowest BCUT2D eigenvalue weighted by Gasteiger charge is -2.38. The zero-order valence-corrected chi connectivity index (χ0v) is 20.5. The number of amides is 2. The van der Waals surface area contributed by atoms with Crippen molar-refractivity contribution in [2.24, 2.45) is 0 Å². The maximum absolute atomic E-state index is 12.7. The van der Waals surface area contributed by atoms with Crippen molar-refractivity contribution >= 4 is 45.9 Å². The van der Waals surface area contributed by atoms with E-state index < -0.39 is 11.9 Å². The Labute approximate surface area is 205 Å². The fourth-order valence-corrected chi connectivity index (χ4v) is 5.03. The SMILES string of the molecule is CCO[C@@H]1CN(c2nc(C(=O)NC3CC3)c(C(=O)O)s2)CC[C@@H]1NC(=O)c1nc(Cl)c(CC)[nH]1. The molecule has 184 valence electrons. The molecule has 4 rings (SSSR count). The van der Waals surface area contributed by atoms with Crippen LogP contribution < -0.4 is 15.5 Å². The van der Waals surface area contributed by atoms with Gasteiger partial charge in [0.1, 0.15) is 4.88 Å². The van der Waals surface area contributed by atoms with Crippen LogP contribution >= 0.6 is 22.9 Å². The van der Waals surface area contributed by atoms with Gasteiger partial charge in [-0.15, -0.1) is 0 Å². The minimum atomic E-state index is -1.18. The summed E-state index contributed by atoms with van der Waals surface area (Å²) in [6, 6.07) is -0.187. The number of thiazole rings is 1. The third-order valence-electron chi connectivity index (χ3n) is 5.76. The molecule has 3 heterocycles. The zero-order valence-electron chi connectivity index (χ0n) is 18.9. The monoisotopic (exact) mass is 510 g/mol. The van der Waals surface area contributed by atoms with Crippen LogP contribution in [-0.2, 0) is 11.2 Å². The summed E-state index contributed by atoms with van der Waals surface area (Å²) in [4.78, 5) is 50.2. The van der Waals surface area contributed by atoms with Crippen LogP contribution in [0.3, 0.4) is 0 Å². The molecule has 1 aliphatic heterocycles. The van der Waals surface area contributed by atoms with Gasteiger partial charge in [-0.1, -0.05) is 29.9 Å². The Morgan fingerprint density at radius 2 is 1.97 bits per heavy atom. The summed E-state index contributed by atoms with van der Waals surface area (Å²) in [6.45, 7) is 5.10. The number of carbonyl (C=O) groups is 3. The predicted octanol–water partition coefficient (Wildman–Crippen LogP) is 2.09. The molecular formula is C21H27ClN6O5S. The second-order valence-electron chi connectivity index (χ2n) is 8.24. The molecule has 1 saturated carbocycles. The number of piperidine rings is 1. The number of aryl methyl sites for hydroxylation is 1. The summed E-state index contributed by atoms with van der Waals surface area (Å²) in [5.41, 5.74) is 0.631. The lowest BCUT2D eigenvalue weighted by Crippen LogP contribution is -2.55. The first kappa shape index (κ1) is 24.4. The maximum Gasteiger partial charge on any atom is 0.348 e. The van der Waals surface area contributed by atoms with E-state index in [-0.39, 0.29) is 45.6 Å². The van der Waals surface area contributed by atoms with Crippen molar-refractivity contribution in [1.29, 1.82) is 0 Å². The predicted molar refractivity (Wildman–Crippen MR) is 126 cm³/mol. The Balaban J connectivity index is 1.47. The van der Waals surface area contributed by atoms with Crippen LogP contribution in [-0.4, -0.2) is 75.7 Å². The smallest absolute Gasteiger partial charge is 0.348 e. The minimum Gasteiger partial charge on any atom is -0.477 e. The number of ether oxygens (including phenoxy) is 1. The zero-order chi connectivity index (χ0) is 24.4. The number of carbonyl (C=O) groups excluding carboxylic acids is 2. The summed E-state index contributed by atoms with van der Waals surface area (Å²) in [7, 11) is 0. The number of nitrogens with zero attached hydrogens (tertiary/aromatic N) is 3. The molecule has 0 unspecified atom stereocenters. The Morgan fingerprint density at radius 1 is 1.21 bits per heavy atom. The highest BCUT2D eigenvalue weighted by Crippen LogP contribution is 2.30. The van der Waals surface area contributed by atoms with Crippen LogP contribution in [0.2, 0.25) is 5.15 Å². The molecule has 1 aliphatic carbocycles. The average Bonchev–Trinajstić information content (AvgIpc) is 3.36. The van der Waals surface area contributed by atoms with Gasteiger partial charge in [-0.2, -0.15) is 0 Å². The van der Waals surface area contributed by atoms with Crippen LogP contribution in [0.4, 0.5) is 5.13 Å². The fraction of sp³-hybridized carbons (Fsp3) is 0.571. The molecule has 11 nitrogen and oxygen atoms in total. The third kappa shape index (κ3) is 5.34. The molecule has 34 heavy (non-hydrogen) atoms. The quantitative estimate of drug-likeness (QED) is 0.400. The Hall–Kier alpha value is -2.70. The largest absolute Gasteiger partial charge is 0.477 e. The Bertz CT molecular complexity index is 1080. The van der Waals surface area contributed by atoms with Gasteiger partial charge in [0.05, 0.1) is 17.8 Å². The van der Waals surface area contributed by atoms with Crippen molar-refractivity contribution in [3.05, 3.63) is 27.2 Å². The normalized spacial score (nSPS) is 20.3. The Morgan fingerprint density at radius 3 is 2.59 bits per heavy atom. The van der Waals surface area contributed by atoms with E-state index >= 15 is 0 Å². The van der Waals surface area contributed by atoms with Gasteiger partial charge in [0.25, 0.3) is 11.8 Å². The molecule has 0 radical (unpaired) electrons. The minimum absolute atomic E-state index is 0.0655. The number of nitrogens with one attached hydrogen (secondary N) is 3. The van der Waals surface area contributed by atoms with Crippen molar-refractivity contribution in [2.45, 2.75) is 57.7 Å². The van der Waals surface area contributed by atoms with Gasteiger partial charge in [-0.3, -0.25) is 9.59 Å². The molecule has 1 saturated heterocycles. The maximum atomic E-state index is 12.7. The molecule has 0 aromatic carbocycles. The van der Waals surface area contributed by atoms with E-state index in [0.29, 0.717) is 43.4 Å². The molecule has 2 amide bonds. The second-order valence-corrected chi connectivity index (χ2v) is 9.58. The summed E-state index contributed by atoms with van der Waals surface area (Å²) >= 11 is 7.03. The number of imidazole rings is 1. The fourth-order valence-electron chi connectivity index (χ4n) is 3.83. The van der Waals surface area contributed by atoms with Gasteiger partial charge < -0.3 is 30.4 Å². The highest BCUT2D eigenvalue weighted by molar-refractivity contribution is 7.17. The number of aromatic nitrogens is 3. The molecule has 4 N–H and O–H groups in total. The van der Waals surface area contributed by atoms with Crippen molar-refractivity contribution in [2.75, 3.05) is 24.6 Å². The number of aromatic amines is 1. The van der Waals surface area contributed by atoms with E-state index in [1.54, 1.807) is 0 Å².